The van der Waals surface area contributed by atoms with Crippen LogP contribution in [0.4, 0.5) is 5.82 Å². The van der Waals surface area contributed by atoms with Crippen molar-refractivity contribution in [3.8, 4) is 0 Å². The van der Waals surface area contributed by atoms with E-state index in [-0.39, 0.29) is 0 Å². The van der Waals surface area contributed by atoms with E-state index in [4.69, 9.17) is 0 Å². The van der Waals surface area contributed by atoms with Crippen LogP contribution in [0.25, 0.3) is 5.57 Å². The lowest BCUT2D eigenvalue weighted by Crippen LogP contribution is -2.19. The van der Waals surface area contributed by atoms with E-state index in [0.29, 0.717) is 12.0 Å². The van der Waals surface area contributed by atoms with E-state index in [9.17, 15) is 0 Å². The number of nitrogens with zero attached hydrogens (tertiary/aromatic N) is 1. The number of rotatable bonds is 1. The zero-order chi connectivity index (χ0) is 9.42. The molecule has 0 radical (unpaired) electrons. The summed E-state index contributed by atoms with van der Waals surface area (Å²) in [5.41, 5.74) is 2.60. The fraction of sp³-hybridized carbons (Fsp3) is 0.500. The lowest BCUT2D eigenvalue weighted by Gasteiger charge is -2.22. The first-order valence-electron chi connectivity index (χ1n) is 4.70. The Balaban J connectivity index is 2.45. The molecule has 13 heavy (non-hydrogen) atoms. The first-order chi connectivity index (χ1) is 6.18. The Morgan fingerprint density at radius 2 is 2.23 bits per heavy atom. The van der Waals surface area contributed by atoms with Crippen LogP contribution in [0.3, 0.4) is 0 Å². The van der Waals surface area contributed by atoms with Crippen molar-refractivity contribution in [3.63, 3.8) is 0 Å². The molecule has 3 nitrogen and oxygen atoms in total. The molecule has 1 aliphatic heterocycles. The Hall–Kier alpha value is -1.25. The van der Waals surface area contributed by atoms with Gasteiger partial charge >= 0.3 is 0 Å². The molecule has 0 aromatic carbocycles. The van der Waals surface area contributed by atoms with Crippen LogP contribution in [0.2, 0.25) is 0 Å². The molecule has 3 heteroatoms. The first kappa shape index (κ1) is 8.35. The molecule has 1 aromatic rings. The third kappa shape index (κ3) is 1.34. The van der Waals surface area contributed by atoms with Crippen molar-refractivity contribution in [1.29, 1.82) is 0 Å². The van der Waals surface area contributed by atoms with Gasteiger partial charge in [-0.05, 0) is 18.4 Å². The van der Waals surface area contributed by atoms with Crippen LogP contribution in [-0.4, -0.2) is 16.2 Å². The highest BCUT2D eigenvalue weighted by Gasteiger charge is 2.19. The maximum atomic E-state index is 4.04. The maximum absolute atomic E-state index is 4.04. The predicted molar refractivity (Wildman–Crippen MR) is 54.5 cm³/mol. The number of hydrogen-bond donors (Lipinski definition) is 2. The van der Waals surface area contributed by atoms with Gasteiger partial charge in [0, 0.05) is 11.6 Å². The third-order valence-electron chi connectivity index (χ3n) is 2.37. The minimum atomic E-state index is 0.394. The molecule has 0 saturated heterocycles. The Bertz CT molecular complexity index is 336. The van der Waals surface area contributed by atoms with Crippen molar-refractivity contribution >= 4 is 11.4 Å². The molecule has 0 fully saturated rings. The number of H-pyrrole nitrogens is 1. The SMILES string of the molecule is CC1C=C(C(C)C)c2cn[nH]c2N1. The molecule has 1 aliphatic rings. The minimum Gasteiger partial charge on any atom is -0.364 e. The van der Waals surface area contributed by atoms with Gasteiger partial charge in [0.2, 0.25) is 0 Å². The van der Waals surface area contributed by atoms with Gasteiger partial charge in [0.05, 0.1) is 6.20 Å². The third-order valence-corrected chi connectivity index (χ3v) is 2.37. The second kappa shape index (κ2) is 2.91. The largest absolute Gasteiger partial charge is 0.364 e. The molecule has 70 valence electrons. The van der Waals surface area contributed by atoms with Crippen molar-refractivity contribution in [2.24, 2.45) is 5.92 Å². The molecular formula is C10H15N3. The summed E-state index contributed by atoms with van der Waals surface area (Å²) in [6, 6.07) is 0.394. The quantitative estimate of drug-likeness (QED) is 0.690. The summed E-state index contributed by atoms with van der Waals surface area (Å²) in [6.45, 7) is 6.56. The molecule has 1 atom stereocenters. The van der Waals surface area contributed by atoms with Crippen LogP contribution in [0, 0.1) is 5.92 Å². The minimum absolute atomic E-state index is 0.394. The Labute approximate surface area is 78.2 Å². The van der Waals surface area contributed by atoms with Gasteiger partial charge in [0.15, 0.2) is 0 Å². The van der Waals surface area contributed by atoms with E-state index in [1.807, 2.05) is 6.20 Å². The molecule has 2 N–H and O–H groups in total. The number of fused-ring (bicyclic) bond motifs is 1. The molecule has 0 bridgehead atoms. The second-order valence-corrected chi connectivity index (χ2v) is 3.87. The van der Waals surface area contributed by atoms with Gasteiger partial charge < -0.3 is 5.32 Å². The van der Waals surface area contributed by atoms with Crippen LogP contribution in [0.5, 0.6) is 0 Å². The molecule has 2 rings (SSSR count). The summed E-state index contributed by atoms with van der Waals surface area (Å²) >= 11 is 0. The highest BCUT2D eigenvalue weighted by Crippen LogP contribution is 2.32. The number of hydrogen-bond acceptors (Lipinski definition) is 2. The topological polar surface area (TPSA) is 40.7 Å². The first-order valence-corrected chi connectivity index (χ1v) is 4.70. The summed E-state index contributed by atoms with van der Waals surface area (Å²) < 4.78 is 0. The molecular weight excluding hydrogens is 162 g/mol. The summed E-state index contributed by atoms with van der Waals surface area (Å²) in [6.07, 6.45) is 4.16. The van der Waals surface area contributed by atoms with Crippen molar-refractivity contribution in [2.75, 3.05) is 5.32 Å². The van der Waals surface area contributed by atoms with Gasteiger partial charge in [0.1, 0.15) is 5.82 Å². The van der Waals surface area contributed by atoms with E-state index in [2.05, 4.69) is 42.4 Å². The summed E-state index contributed by atoms with van der Waals surface area (Å²) in [5, 5.41) is 10.3. The van der Waals surface area contributed by atoms with E-state index < -0.39 is 0 Å². The highest BCUT2D eigenvalue weighted by molar-refractivity contribution is 5.78. The molecule has 0 amide bonds. The van der Waals surface area contributed by atoms with E-state index >= 15 is 0 Å². The van der Waals surface area contributed by atoms with Crippen LogP contribution in [-0.2, 0) is 0 Å². The number of allylic oxidation sites excluding steroid dienone is 1. The average molecular weight is 177 g/mol. The zero-order valence-corrected chi connectivity index (χ0v) is 8.26. The number of aromatic nitrogens is 2. The Kier molecular flexibility index (Phi) is 1.87. The van der Waals surface area contributed by atoms with Gasteiger partial charge in [0.25, 0.3) is 0 Å². The molecule has 0 saturated carbocycles. The van der Waals surface area contributed by atoms with Gasteiger partial charge in [-0.25, -0.2) is 0 Å². The van der Waals surface area contributed by atoms with Crippen LogP contribution in [0.1, 0.15) is 26.3 Å². The second-order valence-electron chi connectivity index (χ2n) is 3.87. The van der Waals surface area contributed by atoms with Crippen molar-refractivity contribution in [2.45, 2.75) is 26.8 Å². The summed E-state index contributed by atoms with van der Waals surface area (Å²) in [4.78, 5) is 0. The van der Waals surface area contributed by atoms with Crippen molar-refractivity contribution in [1.82, 2.24) is 10.2 Å². The molecule has 0 aliphatic carbocycles. The van der Waals surface area contributed by atoms with Crippen LogP contribution >= 0.6 is 0 Å². The van der Waals surface area contributed by atoms with Gasteiger partial charge in [-0.3, -0.25) is 5.10 Å². The number of nitrogens with one attached hydrogen (secondary N) is 2. The smallest absolute Gasteiger partial charge is 0.129 e. The van der Waals surface area contributed by atoms with Crippen LogP contribution < -0.4 is 5.32 Å². The fourth-order valence-corrected chi connectivity index (χ4v) is 1.75. The molecule has 0 spiro atoms. The lowest BCUT2D eigenvalue weighted by molar-refractivity contribution is 0.834. The Morgan fingerprint density at radius 1 is 1.46 bits per heavy atom. The monoisotopic (exact) mass is 177 g/mol. The van der Waals surface area contributed by atoms with Gasteiger partial charge in [-0.2, -0.15) is 5.10 Å². The van der Waals surface area contributed by atoms with Gasteiger partial charge in [-0.15, -0.1) is 0 Å². The van der Waals surface area contributed by atoms with E-state index in [1.54, 1.807) is 0 Å². The molecule has 1 aromatic heterocycles. The summed E-state index contributed by atoms with van der Waals surface area (Å²) in [5.74, 6) is 1.61. The van der Waals surface area contributed by atoms with Crippen LogP contribution in [0.15, 0.2) is 12.3 Å². The lowest BCUT2D eigenvalue weighted by atomic mass is 9.93. The fourth-order valence-electron chi connectivity index (χ4n) is 1.75. The zero-order valence-electron chi connectivity index (χ0n) is 8.26. The van der Waals surface area contributed by atoms with Crippen molar-refractivity contribution in [3.05, 3.63) is 17.8 Å². The number of anilines is 1. The van der Waals surface area contributed by atoms with E-state index in [0.717, 1.165) is 5.82 Å². The highest BCUT2D eigenvalue weighted by atomic mass is 15.2. The van der Waals surface area contributed by atoms with E-state index in [1.165, 1.54) is 11.1 Å². The standard InChI is InChI=1S/C10H15N3/c1-6(2)8-4-7(3)12-10-9(8)5-11-13-10/h4-7H,1-3H3,(H2,11,12,13). The normalized spacial score (nSPS) is 20.9. The van der Waals surface area contributed by atoms with Gasteiger partial charge in [-0.1, -0.05) is 19.9 Å². The predicted octanol–water partition coefficient (Wildman–Crippen LogP) is 2.26. The Morgan fingerprint density at radius 3 is 2.92 bits per heavy atom. The molecule has 2 heterocycles. The van der Waals surface area contributed by atoms with Crippen molar-refractivity contribution < 1.29 is 0 Å². The molecule has 1 unspecified atom stereocenters. The maximum Gasteiger partial charge on any atom is 0.129 e. The number of aromatic amines is 1. The summed E-state index contributed by atoms with van der Waals surface area (Å²) in [7, 11) is 0. The average Bonchev–Trinajstić information content (AvgIpc) is 2.49.